The van der Waals surface area contributed by atoms with E-state index in [4.69, 9.17) is 4.74 Å². The molecule has 1 atom stereocenters. The SMILES string of the molecule is COc1ccc2cc(C(C)(O)CC3SCCCS3)ccc2c1. The standard InChI is InChI=1S/C18H22O2S2/c1-18(19,12-17-21-8-3-9-22-17)15-6-4-14-11-16(20-2)7-5-13(14)10-15/h4-7,10-11,17,19H,3,8-9,12H2,1-2H3. The minimum absolute atomic E-state index is 0.496. The molecule has 4 heteroatoms. The van der Waals surface area contributed by atoms with Gasteiger partial charge in [-0.25, -0.2) is 0 Å². The number of methoxy groups -OCH3 is 1. The van der Waals surface area contributed by atoms with Gasteiger partial charge < -0.3 is 9.84 Å². The van der Waals surface area contributed by atoms with Crippen LogP contribution < -0.4 is 4.74 Å². The highest BCUT2D eigenvalue weighted by Gasteiger charge is 2.29. The van der Waals surface area contributed by atoms with Crippen molar-refractivity contribution in [3.05, 3.63) is 42.0 Å². The zero-order valence-corrected chi connectivity index (χ0v) is 14.7. The Labute approximate surface area is 140 Å². The molecule has 0 aromatic heterocycles. The van der Waals surface area contributed by atoms with Crippen molar-refractivity contribution in [3.8, 4) is 5.75 Å². The predicted octanol–water partition coefficient (Wildman–Crippen LogP) is 4.64. The highest BCUT2D eigenvalue weighted by molar-refractivity contribution is 8.17. The number of hydrogen-bond donors (Lipinski definition) is 1. The summed E-state index contributed by atoms with van der Waals surface area (Å²) in [5.41, 5.74) is 0.216. The fourth-order valence-corrected chi connectivity index (χ4v) is 5.96. The van der Waals surface area contributed by atoms with Crippen molar-refractivity contribution in [2.75, 3.05) is 18.6 Å². The van der Waals surface area contributed by atoms with E-state index in [0.717, 1.165) is 28.5 Å². The van der Waals surface area contributed by atoms with Gasteiger partial charge in [0, 0.05) is 6.42 Å². The molecule has 2 nitrogen and oxygen atoms in total. The summed E-state index contributed by atoms with van der Waals surface area (Å²) in [5, 5.41) is 13.2. The minimum Gasteiger partial charge on any atom is -0.497 e. The Kier molecular flexibility index (Phi) is 4.91. The zero-order valence-electron chi connectivity index (χ0n) is 13.0. The van der Waals surface area contributed by atoms with Gasteiger partial charge in [-0.1, -0.05) is 18.2 Å². The molecular formula is C18H22O2S2. The Bertz CT molecular complexity index is 649. The van der Waals surface area contributed by atoms with Crippen LogP contribution in [-0.4, -0.2) is 28.3 Å². The summed E-state index contributed by atoms with van der Waals surface area (Å²) in [6, 6.07) is 12.3. The molecular weight excluding hydrogens is 312 g/mol. The molecule has 1 aliphatic rings. The topological polar surface area (TPSA) is 29.5 Å². The monoisotopic (exact) mass is 334 g/mol. The summed E-state index contributed by atoms with van der Waals surface area (Å²) in [6.07, 6.45) is 2.08. The Balaban J connectivity index is 1.84. The van der Waals surface area contributed by atoms with Gasteiger partial charge in [-0.3, -0.25) is 0 Å². The molecule has 2 aromatic carbocycles. The molecule has 1 heterocycles. The Morgan fingerprint density at radius 2 is 1.82 bits per heavy atom. The van der Waals surface area contributed by atoms with Gasteiger partial charge in [-0.2, -0.15) is 0 Å². The third-order valence-corrected chi connectivity index (χ3v) is 7.07. The van der Waals surface area contributed by atoms with E-state index in [1.165, 1.54) is 17.9 Å². The second-order valence-corrected chi connectivity index (χ2v) is 8.85. The number of ether oxygens (including phenoxy) is 1. The third-order valence-electron chi connectivity index (χ3n) is 4.13. The Morgan fingerprint density at radius 3 is 2.55 bits per heavy atom. The lowest BCUT2D eigenvalue weighted by Crippen LogP contribution is -2.26. The molecule has 22 heavy (non-hydrogen) atoms. The first kappa shape index (κ1) is 16.0. The van der Waals surface area contributed by atoms with E-state index in [1.807, 2.05) is 48.6 Å². The molecule has 0 aliphatic carbocycles. The number of hydrogen-bond acceptors (Lipinski definition) is 4. The fraction of sp³-hybridized carbons (Fsp3) is 0.444. The van der Waals surface area contributed by atoms with Crippen LogP contribution >= 0.6 is 23.5 Å². The highest BCUT2D eigenvalue weighted by atomic mass is 32.2. The van der Waals surface area contributed by atoms with E-state index in [1.54, 1.807) is 7.11 Å². The number of fused-ring (bicyclic) bond motifs is 1. The van der Waals surface area contributed by atoms with Crippen molar-refractivity contribution in [2.45, 2.75) is 29.9 Å². The molecule has 1 saturated heterocycles. The van der Waals surface area contributed by atoms with Gasteiger partial charge in [0.15, 0.2) is 0 Å². The summed E-state index contributed by atoms with van der Waals surface area (Å²) in [6.45, 7) is 1.94. The summed E-state index contributed by atoms with van der Waals surface area (Å²) < 4.78 is 5.76. The number of thioether (sulfide) groups is 2. The molecule has 1 N–H and O–H groups in total. The van der Waals surface area contributed by atoms with Gasteiger partial charge in [0.25, 0.3) is 0 Å². The molecule has 1 aliphatic heterocycles. The summed E-state index contributed by atoms with van der Waals surface area (Å²) in [5.74, 6) is 3.29. The van der Waals surface area contributed by atoms with Crippen molar-refractivity contribution in [1.82, 2.24) is 0 Å². The maximum atomic E-state index is 10.9. The number of aliphatic hydroxyl groups is 1. The molecule has 0 saturated carbocycles. The van der Waals surface area contributed by atoms with Gasteiger partial charge >= 0.3 is 0 Å². The largest absolute Gasteiger partial charge is 0.497 e. The quantitative estimate of drug-likeness (QED) is 0.882. The second kappa shape index (κ2) is 6.73. The van der Waals surface area contributed by atoms with Crippen LogP contribution in [0.3, 0.4) is 0 Å². The van der Waals surface area contributed by atoms with Gasteiger partial charge in [0.2, 0.25) is 0 Å². The third kappa shape index (κ3) is 3.55. The molecule has 0 bridgehead atoms. The molecule has 3 rings (SSSR count). The van der Waals surface area contributed by atoms with E-state index in [-0.39, 0.29) is 0 Å². The van der Waals surface area contributed by atoms with Gasteiger partial charge in [0.05, 0.1) is 17.3 Å². The predicted molar refractivity (Wildman–Crippen MR) is 98.0 cm³/mol. The maximum absolute atomic E-state index is 10.9. The normalized spacial score (nSPS) is 19.0. The second-order valence-electron chi connectivity index (χ2n) is 5.93. The van der Waals surface area contributed by atoms with Crippen molar-refractivity contribution >= 4 is 34.3 Å². The van der Waals surface area contributed by atoms with E-state index >= 15 is 0 Å². The van der Waals surface area contributed by atoms with Crippen LogP contribution in [0.25, 0.3) is 10.8 Å². The van der Waals surface area contributed by atoms with E-state index in [9.17, 15) is 5.11 Å². The lowest BCUT2D eigenvalue weighted by Gasteiger charge is -2.30. The van der Waals surface area contributed by atoms with Crippen molar-refractivity contribution in [3.63, 3.8) is 0 Å². The molecule has 1 unspecified atom stereocenters. The number of benzene rings is 2. The van der Waals surface area contributed by atoms with E-state index in [0.29, 0.717) is 4.58 Å². The first-order chi connectivity index (χ1) is 10.6. The maximum Gasteiger partial charge on any atom is 0.119 e. The Morgan fingerprint density at radius 1 is 1.14 bits per heavy atom. The molecule has 0 radical (unpaired) electrons. The van der Waals surface area contributed by atoms with Gasteiger partial charge in [-0.15, -0.1) is 23.5 Å². The van der Waals surface area contributed by atoms with Crippen LogP contribution in [0.5, 0.6) is 5.75 Å². The summed E-state index contributed by atoms with van der Waals surface area (Å²) in [7, 11) is 1.68. The zero-order chi connectivity index (χ0) is 15.6. The van der Waals surface area contributed by atoms with Gasteiger partial charge in [-0.05, 0) is 59.4 Å². The molecule has 118 valence electrons. The fourth-order valence-electron chi connectivity index (χ4n) is 2.78. The average molecular weight is 335 g/mol. The minimum atomic E-state index is -0.782. The van der Waals surface area contributed by atoms with Gasteiger partial charge in [0.1, 0.15) is 5.75 Å². The van der Waals surface area contributed by atoms with Crippen LogP contribution in [0.15, 0.2) is 36.4 Å². The summed E-state index contributed by atoms with van der Waals surface area (Å²) >= 11 is 3.96. The van der Waals surface area contributed by atoms with Crippen LogP contribution in [0.2, 0.25) is 0 Å². The van der Waals surface area contributed by atoms with Crippen molar-refractivity contribution in [1.29, 1.82) is 0 Å². The first-order valence-electron chi connectivity index (χ1n) is 7.62. The molecule has 0 spiro atoms. The molecule has 0 amide bonds. The summed E-state index contributed by atoms with van der Waals surface area (Å²) in [4.78, 5) is 0. The van der Waals surface area contributed by atoms with E-state index < -0.39 is 5.60 Å². The number of rotatable bonds is 4. The van der Waals surface area contributed by atoms with E-state index in [2.05, 4.69) is 18.2 Å². The van der Waals surface area contributed by atoms with Crippen LogP contribution in [-0.2, 0) is 5.60 Å². The van der Waals surface area contributed by atoms with Crippen molar-refractivity contribution < 1.29 is 9.84 Å². The lowest BCUT2D eigenvalue weighted by molar-refractivity contribution is 0.0525. The smallest absolute Gasteiger partial charge is 0.119 e. The van der Waals surface area contributed by atoms with Crippen LogP contribution in [0.1, 0.15) is 25.3 Å². The van der Waals surface area contributed by atoms with Crippen LogP contribution in [0.4, 0.5) is 0 Å². The lowest BCUT2D eigenvalue weighted by atomic mass is 9.91. The average Bonchev–Trinajstić information content (AvgIpc) is 2.54. The molecule has 1 fully saturated rings. The highest BCUT2D eigenvalue weighted by Crippen LogP contribution is 2.39. The van der Waals surface area contributed by atoms with Crippen LogP contribution in [0, 0.1) is 0 Å². The van der Waals surface area contributed by atoms with Crippen molar-refractivity contribution in [2.24, 2.45) is 0 Å². The Hall–Kier alpha value is -0.840. The molecule has 2 aromatic rings. The first-order valence-corrected chi connectivity index (χ1v) is 9.72.